The number of rotatable bonds is 3. The van der Waals surface area contributed by atoms with E-state index in [2.05, 4.69) is 10.6 Å². The van der Waals surface area contributed by atoms with Gasteiger partial charge in [-0.1, -0.05) is 54.2 Å². The molecule has 9 heteroatoms. The Bertz CT molecular complexity index is 1080. The van der Waals surface area contributed by atoms with Crippen LogP contribution in [0.4, 0.5) is 5.69 Å². The van der Waals surface area contributed by atoms with E-state index in [1.54, 1.807) is 31.3 Å². The molecule has 1 aliphatic heterocycles. The van der Waals surface area contributed by atoms with Crippen molar-refractivity contribution < 1.29 is 9.90 Å². The maximum absolute atomic E-state index is 13.3. The van der Waals surface area contributed by atoms with E-state index in [-0.39, 0.29) is 17.1 Å². The van der Waals surface area contributed by atoms with Crippen LogP contribution in [0.5, 0.6) is 0 Å². The average molecular weight is 491 g/mol. The number of anilines is 1. The van der Waals surface area contributed by atoms with Crippen LogP contribution in [0, 0.1) is 0 Å². The molecule has 2 aromatic rings. The molecule has 0 spiro atoms. The second kappa shape index (κ2) is 9.75. The standard InChI is InChI=1S/C23H24Cl2N4O2S/c1-29-18-11-10-13(24)12-15(18)20(14-6-2-3-7-16(14)25)27-21(22(29)31)28-23(32)26-17-8-4-5-9-19(17)30/h2-3,6-7,10-12,17,19,21,30H,4-5,8-9H2,1H3,(H2,26,28,32). The zero-order valence-electron chi connectivity index (χ0n) is 17.5. The topological polar surface area (TPSA) is 77.0 Å². The first kappa shape index (κ1) is 23.0. The molecule has 1 amide bonds. The highest BCUT2D eigenvalue weighted by molar-refractivity contribution is 7.80. The van der Waals surface area contributed by atoms with Crippen molar-refractivity contribution in [3.63, 3.8) is 0 Å². The smallest absolute Gasteiger partial charge is 0.272 e. The number of aliphatic hydroxyl groups is 1. The van der Waals surface area contributed by atoms with Gasteiger partial charge in [0.1, 0.15) is 0 Å². The molecule has 4 rings (SSSR count). The van der Waals surface area contributed by atoms with Crippen LogP contribution in [-0.2, 0) is 4.79 Å². The van der Waals surface area contributed by atoms with E-state index >= 15 is 0 Å². The van der Waals surface area contributed by atoms with Crippen LogP contribution in [0.15, 0.2) is 47.5 Å². The average Bonchev–Trinajstić information content (AvgIpc) is 2.86. The summed E-state index contributed by atoms with van der Waals surface area (Å²) in [5.74, 6) is -0.274. The largest absolute Gasteiger partial charge is 0.391 e. The molecule has 2 aromatic carbocycles. The van der Waals surface area contributed by atoms with Gasteiger partial charge < -0.3 is 20.6 Å². The minimum absolute atomic E-state index is 0.148. The minimum atomic E-state index is -0.974. The number of aliphatic hydroxyl groups excluding tert-OH is 1. The maximum atomic E-state index is 13.3. The Morgan fingerprint density at radius 2 is 1.88 bits per heavy atom. The Morgan fingerprint density at radius 1 is 1.12 bits per heavy atom. The van der Waals surface area contributed by atoms with Crippen molar-refractivity contribution in [3.05, 3.63) is 63.6 Å². The van der Waals surface area contributed by atoms with Gasteiger partial charge in [-0.2, -0.15) is 0 Å². The predicted molar refractivity (Wildman–Crippen MR) is 133 cm³/mol. The molecule has 0 radical (unpaired) electrons. The summed E-state index contributed by atoms with van der Waals surface area (Å²) in [6, 6.07) is 12.5. The third kappa shape index (κ3) is 4.76. The Hall–Kier alpha value is -2.19. The first-order valence-corrected chi connectivity index (χ1v) is 11.7. The van der Waals surface area contributed by atoms with E-state index in [4.69, 9.17) is 40.4 Å². The molecule has 3 atom stereocenters. The maximum Gasteiger partial charge on any atom is 0.272 e. The molecule has 2 aliphatic rings. The first-order chi connectivity index (χ1) is 15.3. The van der Waals surface area contributed by atoms with E-state index in [0.29, 0.717) is 32.6 Å². The molecule has 1 aliphatic carbocycles. The summed E-state index contributed by atoms with van der Waals surface area (Å²) < 4.78 is 0. The fraction of sp³-hybridized carbons (Fsp3) is 0.348. The van der Waals surface area contributed by atoms with E-state index < -0.39 is 12.3 Å². The van der Waals surface area contributed by atoms with Gasteiger partial charge in [0.25, 0.3) is 5.91 Å². The summed E-state index contributed by atoms with van der Waals surface area (Å²) in [7, 11) is 1.69. The number of likely N-dealkylation sites (N-methyl/N-ethyl adjacent to an activating group) is 1. The number of fused-ring (bicyclic) bond motifs is 1. The highest BCUT2D eigenvalue weighted by atomic mass is 35.5. The molecule has 168 valence electrons. The lowest BCUT2D eigenvalue weighted by Crippen LogP contribution is -2.54. The number of nitrogens with one attached hydrogen (secondary N) is 2. The van der Waals surface area contributed by atoms with Gasteiger partial charge in [0, 0.05) is 28.2 Å². The molecule has 1 fully saturated rings. The number of thiocarbonyl (C=S) groups is 1. The minimum Gasteiger partial charge on any atom is -0.391 e. The first-order valence-electron chi connectivity index (χ1n) is 10.5. The fourth-order valence-corrected chi connectivity index (χ4v) is 4.78. The van der Waals surface area contributed by atoms with Gasteiger partial charge in [-0.3, -0.25) is 4.79 Å². The Morgan fingerprint density at radius 3 is 2.62 bits per heavy atom. The number of amides is 1. The van der Waals surface area contributed by atoms with Gasteiger partial charge in [-0.25, -0.2) is 4.99 Å². The molecular weight excluding hydrogens is 467 g/mol. The number of aliphatic imine (C=N–C) groups is 1. The molecule has 0 saturated heterocycles. The van der Waals surface area contributed by atoms with Crippen LogP contribution in [0.1, 0.15) is 36.8 Å². The lowest BCUT2D eigenvalue weighted by Gasteiger charge is -2.30. The zero-order chi connectivity index (χ0) is 22.8. The number of carbonyl (C=O) groups is 1. The number of halogens is 2. The van der Waals surface area contributed by atoms with Crippen LogP contribution < -0.4 is 15.5 Å². The number of nitrogens with zero attached hydrogens (tertiary/aromatic N) is 2. The molecule has 1 saturated carbocycles. The number of benzodiazepines with no additional fused rings is 1. The van der Waals surface area contributed by atoms with E-state index in [1.807, 2.05) is 18.2 Å². The van der Waals surface area contributed by atoms with Gasteiger partial charge in [0.05, 0.1) is 23.5 Å². The molecule has 1 heterocycles. The normalized spacial score (nSPS) is 23.1. The Balaban J connectivity index is 1.70. The Labute approximate surface area is 202 Å². The summed E-state index contributed by atoms with van der Waals surface area (Å²) >= 11 is 18.2. The second-order valence-corrected chi connectivity index (χ2v) is 9.25. The van der Waals surface area contributed by atoms with Crippen molar-refractivity contribution in [2.24, 2.45) is 4.99 Å². The van der Waals surface area contributed by atoms with Crippen molar-refractivity contribution in [2.45, 2.75) is 44.0 Å². The fourth-order valence-electron chi connectivity index (χ4n) is 4.12. The molecular formula is C23H24Cl2N4O2S. The summed E-state index contributed by atoms with van der Waals surface area (Å²) in [6.07, 6.45) is 2.13. The van der Waals surface area contributed by atoms with Crippen LogP contribution >= 0.6 is 35.4 Å². The van der Waals surface area contributed by atoms with Crippen LogP contribution in [0.2, 0.25) is 10.0 Å². The van der Waals surface area contributed by atoms with Gasteiger partial charge in [0.15, 0.2) is 5.11 Å². The number of hydrogen-bond acceptors (Lipinski definition) is 4. The number of carbonyl (C=O) groups excluding carboxylic acids is 1. The second-order valence-electron chi connectivity index (χ2n) is 7.99. The van der Waals surface area contributed by atoms with Crippen molar-refractivity contribution >= 4 is 57.8 Å². The predicted octanol–water partition coefficient (Wildman–Crippen LogP) is 3.90. The lowest BCUT2D eigenvalue weighted by atomic mass is 9.93. The zero-order valence-corrected chi connectivity index (χ0v) is 19.8. The van der Waals surface area contributed by atoms with Gasteiger partial charge in [0.2, 0.25) is 6.17 Å². The monoisotopic (exact) mass is 490 g/mol. The number of benzene rings is 2. The quantitative estimate of drug-likeness (QED) is 0.568. The van der Waals surface area contributed by atoms with Crippen molar-refractivity contribution in [1.82, 2.24) is 10.6 Å². The summed E-state index contributed by atoms with van der Waals surface area (Å²) in [6.45, 7) is 0. The molecule has 6 nitrogen and oxygen atoms in total. The SMILES string of the molecule is CN1C(=O)C(NC(=S)NC2CCCCC2O)N=C(c2ccccc2Cl)c2cc(Cl)ccc21. The molecule has 32 heavy (non-hydrogen) atoms. The summed E-state index contributed by atoms with van der Waals surface area (Å²) in [5, 5.41) is 17.7. The number of hydrogen-bond donors (Lipinski definition) is 3. The molecule has 0 aromatic heterocycles. The summed E-state index contributed by atoms with van der Waals surface area (Å²) in [5.41, 5.74) is 2.61. The van der Waals surface area contributed by atoms with Crippen molar-refractivity contribution in [2.75, 3.05) is 11.9 Å². The van der Waals surface area contributed by atoms with E-state index in [9.17, 15) is 9.90 Å². The highest BCUT2D eigenvalue weighted by Crippen LogP contribution is 2.31. The third-order valence-electron chi connectivity index (χ3n) is 5.84. The van der Waals surface area contributed by atoms with Crippen molar-refractivity contribution in [3.8, 4) is 0 Å². The van der Waals surface area contributed by atoms with Gasteiger partial charge in [-0.15, -0.1) is 0 Å². The Kier molecular flexibility index (Phi) is 7.00. The van der Waals surface area contributed by atoms with Crippen LogP contribution in [0.3, 0.4) is 0 Å². The highest BCUT2D eigenvalue weighted by Gasteiger charge is 2.32. The van der Waals surface area contributed by atoms with Crippen LogP contribution in [0.25, 0.3) is 0 Å². The van der Waals surface area contributed by atoms with E-state index in [1.165, 1.54) is 4.90 Å². The van der Waals surface area contributed by atoms with Gasteiger partial charge in [-0.05, 0) is 49.3 Å². The molecule has 3 unspecified atom stereocenters. The third-order valence-corrected chi connectivity index (χ3v) is 6.64. The molecule has 3 N–H and O–H groups in total. The van der Waals surface area contributed by atoms with Crippen LogP contribution in [-0.4, -0.2) is 47.2 Å². The summed E-state index contributed by atoms with van der Waals surface area (Å²) in [4.78, 5) is 19.6. The van der Waals surface area contributed by atoms with Gasteiger partial charge >= 0.3 is 0 Å². The van der Waals surface area contributed by atoms with Crippen molar-refractivity contribution in [1.29, 1.82) is 0 Å². The molecule has 0 bridgehead atoms. The lowest BCUT2D eigenvalue weighted by molar-refractivity contribution is -0.119. The van der Waals surface area contributed by atoms with E-state index in [0.717, 1.165) is 25.7 Å².